The predicted molar refractivity (Wildman–Crippen MR) is 77.9 cm³/mol. The summed E-state index contributed by atoms with van der Waals surface area (Å²) in [5.41, 5.74) is 0.760. The summed E-state index contributed by atoms with van der Waals surface area (Å²) in [4.78, 5) is 14.6. The topological polar surface area (TPSA) is 112 Å². The maximum absolute atomic E-state index is 10.8. The highest BCUT2D eigenvalue weighted by Crippen LogP contribution is 2.25. The average molecular weight is 286 g/mol. The Kier molecular flexibility index (Phi) is 4.30. The van der Waals surface area contributed by atoms with Gasteiger partial charge in [-0.1, -0.05) is 0 Å². The first-order chi connectivity index (χ1) is 10.0. The smallest absolute Gasteiger partial charge is 0.270 e. The quantitative estimate of drug-likeness (QED) is 0.643. The van der Waals surface area contributed by atoms with Crippen molar-refractivity contribution in [2.45, 2.75) is 19.4 Å². The van der Waals surface area contributed by atoms with E-state index >= 15 is 0 Å². The zero-order chi connectivity index (χ0) is 15.4. The van der Waals surface area contributed by atoms with E-state index in [9.17, 15) is 15.4 Å². The van der Waals surface area contributed by atoms with Crippen molar-refractivity contribution in [3.63, 3.8) is 0 Å². The van der Waals surface area contributed by atoms with Gasteiger partial charge in [0, 0.05) is 30.2 Å². The number of rotatable bonds is 5. The van der Waals surface area contributed by atoms with Crippen molar-refractivity contribution >= 4 is 22.4 Å². The summed E-state index contributed by atoms with van der Waals surface area (Å²) in [6, 6.07) is 7.82. The Labute approximate surface area is 121 Å². The second-order valence-corrected chi connectivity index (χ2v) is 4.68. The van der Waals surface area contributed by atoms with Crippen LogP contribution in [0.25, 0.3) is 10.9 Å². The van der Waals surface area contributed by atoms with Crippen LogP contribution in [0.1, 0.15) is 18.9 Å². The van der Waals surface area contributed by atoms with E-state index < -0.39 is 4.92 Å². The number of pyridine rings is 1. The van der Waals surface area contributed by atoms with Crippen molar-refractivity contribution < 1.29 is 10.0 Å². The monoisotopic (exact) mass is 286 g/mol. The third-order valence-corrected chi connectivity index (χ3v) is 3.08. The van der Waals surface area contributed by atoms with Gasteiger partial charge in [0.15, 0.2) is 0 Å². The minimum absolute atomic E-state index is 0.00420. The van der Waals surface area contributed by atoms with Crippen LogP contribution in [-0.4, -0.2) is 27.7 Å². The second kappa shape index (κ2) is 6.15. The zero-order valence-electron chi connectivity index (χ0n) is 11.4. The van der Waals surface area contributed by atoms with E-state index in [1.54, 1.807) is 6.07 Å². The van der Waals surface area contributed by atoms with E-state index in [-0.39, 0.29) is 18.3 Å². The van der Waals surface area contributed by atoms with Gasteiger partial charge in [-0.3, -0.25) is 10.1 Å². The molecule has 1 aromatic heterocycles. The maximum Gasteiger partial charge on any atom is 0.270 e. The molecule has 0 aliphatic carbocycles. The van der Waals surface area contributed by atoms with Crippen molar-refractivity contribution in [3.8, 4) is 6.07 Å². The van der Waals surface area contributed by atoms with Gasteiger partial charge in [0.2, 0.25) is 0 Å². The molecule has 2 aromatic rings. The van der Waals surface area contributed by atoms with Gasteiger partial charge in [-0.05, 0) is 25.5 Å². The molecular weight excluding hydrogens is 272 g/mol. The first kappa shape index (κ1) is 14.7. The molecule has 7 nitrogen and oxygen atoms in total. The summed E-state index contributed by atoms with van der Waals surface area (Å²) in [6.45, 7) is 1.95. The van der Waals surface area contributed by atoms with Crippen LogP contribution in [0.4, 0.5) is 11.5 Å². The number of nitrogens with one attached hydrogen (secondary N) is 1. The highest BCUT2D eigenvalue weighted by Gasteiger charge is 2.12. The molecule has 0 aliphatic rings. The van der Waals surface area contributed by atoms with E-state index in [4.69, 9.17) is 5.11 Å². The number of nitro benzene ring substituents is 1. The molecule has 1 aromatic carbocycles. The van der Waals surface area contributed by atoms with Crippen LogP contribution in [0, 0.1) is 21.4 Å². The molecule has 0 bridgehead atoms. The molecule has 0 spiro atoms. The normalized spacial score (nSPS) is 11.9. The van der Waals surface area contributed by atoms with Crippen LogP contribution >= 0.6 is 0 Å². The van der Waals surface area contributed by atoms with Crippen molar-refractivity contribution in [2.24, 2.45) is 0 Å². The third-order valence-electron chi connectivity index (χ3n) is 3.08. The van der Waals surface area contributed by atoms with Crippen LogP contribution in [0.3, 0.4) is 0 Å². The number of hydrogen-bond acceptors (Lipinski definition) is 6. The molecule has 0 saturated carbocycles. The summed E-state index contributed by atoms with van der Waals surface area (Å²) >= 11 is 0. The van der Waals surface area contributed by atoms with E-state index in [2.05, 4.69) is 10.3 Å². The molecule has 7 heteroatoms. The summed E-state index contributed by atoms with van der Waals surface area (Å²) in [6.07, 6.45) is 0.557. The van der Waals surface area contributed by atoms with Gasteiger partial charge in [-0.2, -0.15) is 5.26 Å². The number of hydrogen-bond donors (Lipinski definition) is 2. The fourth-order valence-electron chi connectivity index (χ4n) is 2.01. The second-order valence-electron chi connectivity index (χ2n) is 4.68. The molecule has 0 amide bonds. The van der Waals surface area contributed by atoms with E-state index in [1.807, 2.05) is 13.0 Å². The molecule has 108 valence electrons. The van der Waals surface area contributed by atoms with Crippen molar-refractivity contribution in [3.05, 3.63) is 39.9 Å². The Morgan fingerprint density at radius 2 is 2.29 bits per heavy atom. The lowest BCUT2D eigenvalue weighted by molar-refractivity contribution is -0.384. The molecule has 1 heterocycles. The Balaban J connectivity index is 2.47. The molecule has 0 saturated heterocycles. The van der Waals surface area contributed by atoms with E-state index in [1.165, 1.54) is 18.2 Å². The Hall–Kier alpha value is -2.72. The highest BCUT2D eigenvalue weighted by molar-refractivity contribution is 5.88. The molecule has 0 fully saturated rings. The number of aromatic nitrogens is 1. The number of benzene rings is 1. The molecule has 0 radical (unpaired) electrons. The SMILES string of the molecule is CC(CCO)Nc1cc(C#N)c2cc([N+](=O)[O-])ccc2n1. The van der Waals surface area contributed by atoms with Gasteiger partial charge in [-0.15, -0.1) is 0 Å². The summed E-state index contributed by atoms with van der Waals surface area (Å²) < 4.78 is 0. The number of nitriles is 1. The van der Waals surface area contributed by atoms with Crippen LogP contribution in [0.5, 0.6) is 0 Å². The van der Waals surface area contributed by atoms with E-state index in [0.717, 1.165) is 0 Å². The number of anilines is 1. The van der Waals surface area contributed by atoms with Gasteiger partial charge < -0.3 is 10.4 Å². The van der Waals surface area contributed by atoms with Gasteiger partial charge in [0.05, 0.1) is 22.1 Å². The third kappa shape index (κ3) is 3.24. The predicted octanol–water partition coefficient (Wildman–Crippen LogP) is 2.20. The van der Waals surface area contributed by atoms with Crippen molar-refractivity contribution in [1.29, 1.82) is 5.26 Å². The number of fused-ring (bicyclic) bond motifs is 1. The lowest BCUT2D eigenvalue weighted by Crippen LogP contribution is -2.17. The molecule has 1 atom stereocenters. The minimum atomic E-state index is -0.504. The van der Waals surface area contributed by atoms with Gasteiger partial charge >= 0.3 is 0 Å². The summed E-state index contributed by atoms with van der Waals surface area (Å²) in [5.74, 6) is 0.508. The van der Waals surface area contributed by atoms with Crippen LogP contribution < -0.4 is 5.32 Å². The average Bonchev–Trinajstić information content (AvgIpc) is 2.45. The van der Waals surface area contributed by atoms with E-state index in [0.29, 0.717) is 28.7 Å². The Morgan fingerprint density at radius 1 is 1.52 bits per heavy atom. The van der Waals surface area contributed by atoms with Gasteiger partial charge in [-0.25, -0.2) is 4.98 Å². The molecule has 21 heavy (non-hydrogen) atoms. The van der Waals surface area contributed by atoms with Crippen LogP contribution in [0.15, 0.2) is 24.3 Å². The molecule has 1 unspecified atom stereocenters. The first-order valence-corrected chi connectivity index (χ1v) is 6.42. The zero-order valence-corrected chi connectivity index (χ0v) is 11.4. The number of non-ortho nitro benzene ring substituents is 1. The minimum Gasteiger partial charge on any atom is -0.396 e. The fourth-order valence-corrected chi connectivity index (χ4v) is 2.01. The number of nitrogens with zero attached hydrogens (tertiary/aromatic N) is 3. The number of aliphatic hydroxyl groups is 1. The lowest BCUT2D eigenvalue weighted by atomic mass is 10.1. The number of nitro groups is 1. The lowest BCUT2D eigenvalue weighted by Gasteiger charge is -2.14. The first-order valence-electron chi connectivity index (χ1n) is 6.42. The van der Waals surface area contributed by atoms with Crippen LogP contribution in [0.2, 0.25) is 0 Å². The summed E-state index contributed by atoms with van der Waals surface area (Å²) in [5, 5.41) is 32.4. The standard InChI is InChI=1S/C14H14N4O3/c1-9(4-5-19)16-14-6-10(8-15)12-7-11(18(20)21)2-3-13(12)17-14/h2-3,6-7,9,19H,4-5H2,1H3,(H,16,17). The fraction of sp³-hybridized carbons (Fsp3) is 0.286. The van der Waals surface area contributed by atoms with Crippen molar-refractivity contribution in [1.82, 2.24) is 4.98 Å². The largest absolute Gasteiger partial charge is 0.396 e. The summed E-state index contributed by atoms with van der Waals surface area (Å²) in [7, 11) is 0. The molecule has 0 aliphatic heterocycles. The molecule has 2 N–H and O–H groups in total. The Morgan fingerprint density at radius 3 is 2.90 bits per heavy atom. The van der Waals surface area contributed by atoms with Gasteiger partial charge in [0.1, 0.15) is 5.82 Å². The Bertz CT molecular complexity index is 724. The van der Waals surface area contributed by atoms with Crippen LogP contribution in [-0.2, 0) is 0 Å². The number of aliphatic hydroxyl groups excluding tert-OH is 1. The maximum atomic E-state index is 10.8. The van der Waals surface area contributed by atoms with Crippen molar-refractivity contribution in [2.75, 3.05) is 11.9 Å². The molecular formula is C14H14N4O3. The highest BCUT2D eigenvalue weighted by atomic mass is 16.6. The molecule has 2 rings (SSSR count). The van der Waals surface area contributed by atoms with Gasteiger partial charge in [0.25, 0.3) is 5.69 Å².